The van der Waals surface area contributed by atoms with Crippen molar-refractivity contribution in [1.82, 2.24) is 4.90 Å². The highest BCUT2D eigenvalue weighted by atomic mass is 16.1. The van der Waals surface area contributed by atoms with Gasteiger partial charge in [0.25, 0.3) is 0 Å². The summed E-state index contributed by atoms with van der Waals surface area (Å²) in [7, 11) is 2.02. The van der Waals surface area contributed by atoms with Crippen LogP contribution in [0.1, 0.15) is 48.0 Å². The van der Waals surface area contributed by atoms with Gasteiger partial charge in [0.15, 0.2) is 0 Å². The number of carbonyl (C=O) groups is 1. The number of ketones is 1. The van der Waals surface area contributed by atoms with Gasteiger partial charge in [-0.1, -0.05) is 20.8 Å². The molecular formula is C12H25NO. The Bertz CT molecular complexity index is 201. The van der Waals surface area contributed by atoms with E-state index in [2.05, 4.69) is 25.7 Å². The van der Waals surface area contributed by atoms with Crippen molar-refractivity contribution in [2.24, 2.45) is 5.41 Å². The van der Waals surface area contributed by atoms with Crippen LogP contribution in [-0.2, 0) is 4.79 Å². The molecule has 0 N–H and O–H groups in total. The molecule has 2 heteroatoms. The van der Waals surface area contributed by atoms with Gasteiger partial charge in [-0.15, -0.1) is 0 Å². The standard InChI is InChI=1S/C12H25NO/c1-10(14)12(5,6)13(7)9-8-11(2,3)4/h8-9H2,1-7H3. The molecular weight excluding hydrogens is 174 g/mol. The van der Waals surface area contributed by atoms with Crippen molar-refractivity contribution in [2.75, 3.05) is 13.6 Å². The molecule has 84 valence electrons. The molecule has 0 aromatic rings. The van der Waals surface area contributed by atoms with Gasteiger partial charge in [-0.25, -0.2) is 0 Å². The Kier molecular flexibility index (Phi) is 4.32. The summed E-state index contributed by atoms with van der Waals surface area (Å²) in [6.45, 7) is 13.3. The van der Waals surface area contributed by atoms with Crippen molar-refractivity contribution in [3.8, 4) is 0 Å². The average Bonchev–Trinajstić information content (AvgIpc) is 1.98. The van der Waals surface area contributed by atoms with E-state index >= 15 is 0 Å². The topological polar surface area (TPSA) is 20.3 Å². The second-order valence-electron chi connectivity index (χ2n) is 5.85. The van der Waals surface area contributed by atoms with E-state index < -0.39 is 0 Å². The van der Waals surface area contributed by atoms with E-state index in [0.29, 0.717) is 5.41 Å². The van der Waals surface area contributed by atoms with Crippen molar-refractivity contribution in [3.63, 3.8) is 0 Å². The summed E-state index contributed by atoms with van der Waals surface area (Å²) in [6.07, 6.45) is 1.11. The Balaban J connectivity index is 4.22. The van der Waals surface area contributed by atoms with Crippen LogP contribution in [-0.4, -0.2) is 29.8 Å². The molecule has 0 amide bonds. The van der Waals surface area contributed by atoms with Crippen molar-refractivity contribution >= 4 is 5.78 Å². The van der Waals surface area contributed by atoms with Crippen molar-refractivity contribution < 1.29 is 4.79 Å². The SMILES string of the molecule is CC(=O)C(C)(C)N(C)CCC(C)(C)C. The zero-order valence-corrected chi connectivity index (χ0v) is 10.8. The summed E-state index contributed by atoms with van der Waals surface area (Å²) in [5.74, 6) is 0.230. The van der Waals surface area contributed by atoms with Crippen LogP contribution < -0.4 is 0 Å². The molecule has 0 spiro atoms. The highest BCUT2D eigenvalue weighted by Crippen LogP contribution is 2.21. The van der Waals surface area contributed by atoms with Crippen molar-refractivity contribution in [3.05, 3.63) is 0 Å². The lowest BCUT2D eigenvalue weighted by atomic mass is 9.90. The number of hydrogen-bond acceptors (Lipinski definition) is 2. The number of rotatable bonds is 4. The minimum absolute atomic E-state index is 0.230. The van der Waals surface area contributed by atoms with Gasteiger partial charge in [-0.05, 0) is 46.2 Å². The van der Waals surface area contributed by atoms with Gasteiger partial charge < -0.3 is 0 Å². The molecule has 0 rings (SSSR count). The normalized spacial score (nSPS) is 13.4. The molecule has 0 aliphatic carbocycles. The highest BCUT2D eigenvalue weighted by Gasteiger charge is 2.29. The summed E-state index contributed by atoms with van der Waals surface area (Å²) in [5, 5.41) is 0. The first-order chi connectivity index (χ1) is 6.07. The maximum Gasteiger partial charge on any atom is 0.149 e. The third-order valence-electron chi connectivity index (χ3n) is 3.01. The predicted molar refractivity (Wildman–Crippen MR) is 61.5 cm³/mol. The summed E-state index contributed by atoms with van der Waals surface area (Å²) in [5.41, 5.74) is 0.00633. The largest absolute Gasteiger partial charge is 0.298 e. The fourth-order valence-corrected chi connectivity index (χ4v) is 1.05. The molecule has 0 aliphatic heterocycles. The first-order valence-corrected chi connectivity index (χ1v) is 5.29. The van der Waals surface area contributed by atoms with Crippen LogP contribution in [0.25, 0.3) is 0 Å². The van der Waals surface area contributed by atoms with Gasteiger partial charge in [0.2, 0.25) is 0 Å². The van der Waals surface area contributed by atoms with Crippen LogP contribution in [0.3, 0.4) is 0 Å². The first-order valence-electron chi connectivity index (χ1n) is 5.29. The summed E-state index contributed by atoms with van der Waals surface area (Å²) >= 11 is 0. The lowest BCUT2D eigenvalue weighted by Gasteiger charge is -2.35. The van der Waals surface area contributed by atoms with E-state index in [4.69, 9.17) is 0 Å². The molecule has 0 aliphatic rings. The molecule has 0 radical (unpaired) electrons. The quantitative estimate of drug-likeness (QED) is 0.694. The maximum atomic E-state index is 11.4. The van der Waals surface area contributed by atoms with E-state index in [1.165, 1.54) is 0 Å². The fourth-order valence-electron chi connectivity index (χ4n) is 1.05. The highest BCUT2D eigenvalue weighted by molar-refractivity contribution is 5.85. The number of likely N-dealkylation sites (N-methyl/N-ethyl adjacent to an activating group) is 1. The molecule has 0 atom stereocenters. The molecule has 2 nitrogen and oxygen atoms in total. The molecule has 0 aromatic carbocycles. The minimum atomic E-state index is -0.328. The zero-order valence-electron chi connectivity index (χ0n) is 10.8. The van der Waals surface area contributed by atoms with Crippen LogP contribution in [0.15, 0.2) is 0 Å². The Morgan fingerprint density at radius 1 is 1.14 bits per heavy atom. The molecule has 0 saturated heterocycles. The van der Waals surface area contributed by atoms with Crippen molar-refractivity contribution in [2.45, 2.75) is 53.5 Å². The smallest absolute Gasteiger partial charge is 0.149 e. The monoisotopic (exact) mass is 199 g/mol. The Labute approximate surface area is 88.7 Å². The molecule has 0 aromatic heterocycles. The number of nitrogens with zero attached hydrogens (tertiary/aromatic N) is 1. The molecule has 0 saturated carbocycles. The number of hydrogen-bond donors (Lipinski definition) is 0. The Morgan fingerprint density at radius 3 is 1.86 bits per heavy atom. The molecule has 0 heterocycles. The van der Waals surface area contributed by atoms with Crippen LogP contribution in [0.2, 0.25) is 0 Å². The third kappa shape index (κ3) is 4.23. The summed E-state index contributed by atoms with van der Waals surface area (Å²) < 4.78 is 0. The molecule has 0 bridgehead atoms. The minimum Gasteiger partial charge on any atom is -0.298 e. The van der Waals surface area contributed by atoms with Gasteiger partial charge in [0, 0.05) is 0 Å². The fraction of sp³-hybridized carbons (Fsp3) is 0.917. The maximum absolute atomic E-state index is 11.4. The average molecular weight is 199 g/mol. The second-order valence-corrected chi connectivity index (χ2v) is 5.85. The van der Waals surface area contributed by atoms with Crippen molar-refractivity contribution in [1.29, 1.82) is 0 Å². The van der Waals surface area contributed by atoms with E-state index in [1.807, 2.05) is 20.9 Å². The molecule has 14 heavy (non-hydrogen) atoms. The Morgan fingerprint density at radius 2 is 1.57 bits per heavy atom. The van der Waals surface area contributed by atoms with Gasteiger partial charge in [-0.2, -0.15) is 0 Å². The van der Waals surface area contributed by atoms with Crippen LogP contribution in [0.4, 0.5) is 0 Å². The van der Waals surface area contributed by atoms with Gasteiger partial charge in [-0.3, -0.25) is 9.69 Å². The summed E-state index contributed by atoms with van der Waals surface area (Å²) in [6, 6.07) is 0. The van der Waals surface area contributed by atoms with Crippen LogP contribution in [0, 0.1) is 5.41 Å². The van der Waals surface area contributed by atoms with Gasteiger partial charge in [0.1, 0.15) is 5.78 Å². The van der Waals surface area contributed by atoms with E-state index in [9.17, 15) is 4.79 Å². The Hall–Kier alpha value is -0.370. The van der Waals surface area contributed by atoms with E-state index in [1.54, 1.807) is 6.92 Å². The van der Waals surface area contributed by atoms with E-state index in [0.717, 1.165) is 13.0 Å². The van der Waals surface area contributed by atoms with Gasteiger partial charge in [0.05, 0.1) is 5.54 Å². The van der Waals surface area contributed by atoms with E-state index in [-0.39, 0.29) is 11.3 Å². The third-order valence-corrected chi connectivity index (χ3v) is 3.01. The number of Topliss-reactive ketones (excluding diaryl/α,β-unsaturated/α-hetero) is 1. The summed E-state index contributed by atoms with van der Waals surface area (Å²) in [4.78, 5) is 13.5. The molecule has 0 fully saturated rings. The predicted octanol–water partition coefficient (Wildman–Crippen LogP) is 2.72. The lowest BCUT2D eigenvalue weighted by Crippen LogP contribution is -2.47. The second kappa shape index (κ2) is 4.43. The zero-order chi connectivity index (χ0) is 11.6. The first kappa shape index (κ1) is 13.6. The lowest BCUT2D eigenvalue weighted by molar-refractivity contribution is -0.126. The van der Waals surface area contributed by atoms with Crippen LogP contribution in [0.5, 0.6) is 0 Å². The number of carbonyl (C=O) groups excluding carboxylic acids is 1. The van der Waals surface area contributed by atoms with Crippen LogP contribution >= 0.6 is 0 Å². The van der Waals surface area contributed by atoms with Gasteiger partial charge >= 0.3 is 0 Å². The molecule has 0 unspecified atom stereocenters.